The molecule has 1 unspecified atom stereocenters. The van der Waals surface area contributed by atoms with Crippen molar-refractivity contribution in [1.82, 2.24) is 20.5 Å². The minimum atomic E-state index is -0.275. The van der Waals surface area contributed by atoms with Crippen LogP contribution in [0.4, 0.5) is 4.79 Å². The maximum atomic E-state index is 13.1. The third kappa shape index (κ3) is 5.63. The molecule has 164 valence electrons. The Morgan fingerprint density at radius 3 is 2.29 bits per heavy atom. The number of urea groups is 1. The molecule has 1 aromatic carbocycles. The highest BCUT2D eigenvalue weighted by atomic mass is 16.2. The van der Waals surface area contributed by atoms with Crippen LogP contribution in [0.5, 0.6) is 0 Å². The van der Waals surface area contributed by atoms with Gasteiger partial charge in [-0.2, -0.15) is 0 Å². The second kappa shape index (κ2) is 10.4. The summed E-state index contributed by atoms with van der Waals surface area (Å²) >= 11 is 0. The Hall–Kier alpha value is -2.89. The largest absolute Gasteiger partial charge is 0.343 e. The summed E-state index contributed by atoms with van der Waals surface area (Å²) in [6.07, 6.45) is 8.97. The SMILES string of the molecule is O=C(NC(c1ccccc1)c1ccccn1)C1CCN(C(=O)NC2CCCCC2)CC1. The zero-order valence-corrected chi connectivity index (χ0v) is 18.0. The maximum absolute atomic E-state index is 13.1. The van der Waals surface area contributed by atoms with Gasteiger partial charge in [-0.25, -0.2) is 4.79 Å². The molecule has 1 aromatic heterocycles. The number of nitrogens with zero attached hydrogens (tertiary/aromatic N) is 2. The van der Waals surface area contributed by atoms with Crippen LogP contribution in [0.15, 0.2) is 54.7 Å². The van der Waals surface area contributed by atoms with Crippen LogP contribution in [0.1, 0.15) is 62.2 Å². The quantitative estimate of drug-likeness (QED) is 0.767. The van der Waals surface area contributed by atoms with Crippen LogP contribution in [0, 0.1) is 5.92 Å². The number of carbonyl (C=O) groups excluding carboxylic acids is 2. The third-order valence-electron chi connectivity index (χ3n) is 6.49. The number of amides is 3. The molecule has 4 rings (SSSR count). The zero-order valence-electron chi connectivity index (χ0n) is 18.0. The van der Waals surface area contributed by atoms with Gasteiger partial charge in [0, 0.05) is 31.2 Å². The molecular weight excluding hydrogens is 388 g/mol. The molecule has 1 saturated carbocycles. The number of carbonyl (C=O) groups is 2. The summed E-state index contributed by atoms with van der Waals surface area (Å²) in [5.74, 6) is -0.0551. The van der Waals surface area contributed by atoms with Gasteiger partial charge in [0.15, 0.2) is 0 Å². The Kier molecular flexibility index (Phi) is 7.18. The van der Waals surface area contributed by atoms with E-state index in [0.717, 1.165) is 24.1 Å². The first-order valence-corrected chi connectivity index (χ1v) is 11.5. The number of aromatic nitrogens is 1. The predicted octanol–water partition coefficient (Wildman–Crippen LogP) is 4.04. The first kappa shape index (κ1) is 21.3. The van der Waals surface area contributed by atoms with Gasteiger partial charge in [0.2, 0.25) is 5.91 Å². The molecule has 1 saturated heterocycles. The monoisotopic (exact) mass is 420 g/mol. The van der Waals surface area contributed by atoms with Crippen LogP contribution >= 0.6 is 0 Å². The Balaban J connectivity index is 1.33. The molecule has 2 fully saturated rings. The number of likely N-dealkylation sites (tertiary alicyclic amines) is 1. The standard InChI is InChI=1S/C25H32N4O2/c30-24(28-23(19-9-3-1-4-10-19)22-13-7-8-16-26-22)20-14-17-29(18-15-20)25(31)27-21-11-5-2-6-12-21/h1,3-4,7-10,13,16,20-21,23H,2,5-6,11-12,14-15,17-18H2,(H,27,31)(H,28,30). The number of benzene rings is 1. The molecule has 6 heteroatoms. The molecule has 0 spiro atoms. The highest BCUT2D eigenvalue weighted by molar-refractivity contribution is 5.80. The topological polar surface area (TPSA) is 74.3 Å². The van der Waals surface area contributed by atoms with E-state index in [9.17, 15) is 9.59 Å². The van der Waals surface area contributed by atoms with Gasteiger partial charge in [-0.3, -0.25) is 9.78 Å². The van der Waals surface area contributed by atoms with Gasteiger partial charge in [-0.15, -0.1) is 0 Å². The summed E-state index contributed by atoms with van der Waals surface area (Å²) in [5, 5.41) is 6.39. The van der Waals surface area contributed by atoms with Crippen LogP contribution in [0.2, 0.25) is 0 Å². The summed E-state index contributed by atoms with van der Waals surface area (Å²) in [4.78, 5) is 32.0. The highest BCUT2D eigenvalue weighted by Crippen LogP contribution is 2.24. The van der Waals surface area contributed by atoms with Crippen molar-refractivity contribution < 1.29 is 9.59 Å². The second-order valence-corrected chi connectivity index (χ2v) is 8.65. The number of hydrogen-bond acceptors (Lipinski definition) is 3. The fourth-order valence-electron chi connectivity index (χ4n) is 4.64. The van der Waals surface area contributed by atoms with E-state index < -0.39 is 0 Å². The third-order valence-corrected chi connectivity index (χ3v) is 6.49. The highest BCUT2D eigenvalue weighted by Gasteiger charge is 2.30. The van der Waals surface area contributed by atoms with Crippen LogP contribution < -0.4 is 10.6 Å². The molecule has 0 bridgehead atoms. The van der Waals surface area contributed by atoms with Gasteiger partial charge in [-0.05, 0) is 43.4 Å². The van der Waals surface area contributed by atoms with E-state index in [1.165, 1.54) is 19.3 Å². The smallest absolute Gasteiger partial charge is 0.317 e. The first-order chi connectivity index (χ1) is 15.2. The lowest BCUT2D eigenvalue weighted by Crippen LogP contribution is -2.50. The Morgan fingerprint density at radius 1 is 0.903 bits per heavy atom. The van der Waals surface area contributed by atoms with Gasteiger partial charge < -0.3 is 15.5 Å². The van der Waals surface area contributed by atoms with Crippen molar-refractivity contribution in [2.24, 2.45) is 5.92 Å². The molecule has 6 nitrogen and oxygen atoms in total. The zero-order chi connectivity index (χ0) is 21.5. The molecule has 3 amide bonds. The van der Waals surface area contributed by atoms with Gasteiger partial charge in [0.05, 0.1) is 11.7 Å². The normalized spacial score (nSPS) is 18.9. The van der Waals surface area contributed by atoms with E-state index in [-0.39, 0.29) is 23.9 Å². The molecule has 0 radical (unpaired) electrons. The minimum Gasteiger partial charge on any atom is -0.343 e. The van der Waals surface area contributed by atoms with Crippen molar-refractivity contribution in [2.75, 3.05) is 13.1 Å². The van der Waals surface area contributed by atoms with Crippen molar-refractivity contribution in [3.05, 3.63) is 66.0 Å². The molecular formula is C25H32N4O2. The van der Waals surface area contributed by atoms with E-state index in [1.807, 2.05) is 53.4 Å². The van der Waals surface area contributed by atoms with Gasteiger partial charge in [0.1, 0.15) is 0 Å². The molecule has 2 heterocycles. The fourth-order valence-corrected chi connectivity index (χ4v) is 4.64. The lowest BCUT2D eigenvalue weighted by Gasteiger charge is -2.34. The molecule has 2 aromatic rings. The van der Waals surface area contributed by atoms with Crippen molar-refractivity contribution in [2.45, 2.75) is 57.0 Å². The van der Waals surface area contributed by atoms with Crippen LogP contribution in [0.3, 0.4) is 0 Å². The van der Waals surface area contributed by atoms with E-state index >= 15 is 0 Å². The summed E-state index contributed by atoms with van der Waals surface area (Å²) in [6.45, 7) is 1.24. The van der Waals surface area contributed by atoms with E-state index in [0.29, 0.717) is 32.0 Å². The lowest BCUT2D eigenvalue weighted by atomic mass is 9.94. The van der Waals surface area contributed by atoms with Crippen molar-refractivity contribution in [3.8, 4) is 0 Å². The van der Waals surface area contributed by atoms with Gasteiger partial charge in [-0.1, -0.05) is 55.7 Å². The lowest BCUT2D eigenvalue weighted by molar-refractivity contribution is -0.126. The van der Waals surface area contributed by atoms with Crippen LogP contribution in [-0.2, 0) is 4.79 Å². The van der Waals surface area contributed by atoms with Gasteiger partial charge >= 0.3 is 6.03 Å². The fraction of sp³-hybridized carbons (Fsp3) is 0.480. The molecule has 1 aliphatic heterocycles. The number of hydrogen-bond donors (Lipinski definition) is 2. The number of rotatable bonds is 5. The molecule has 1 aliphatic carbocycles. The Bertz CT molecular complexity index is 805. The van der Waals surface area contributed by atoms with Crippen molar-refractivity contribution >= 4 is 11.9 Å². The second-order valence-electron chi connectivity index (χ2n) is 8.65. The van der Waals surface area contributed by atoms with Gasteiger partial charge in [0.25, 0.3) is 0 Å². The summed E-state index contributed by atoms with van der Waals surface area (Å²) in [5.41, 5.74) is 1.84. The summed E-state index contributed by atoms with van der Waals surface area (Å²) < 4.78 is 0. The maximum Gasteiger partial charge on any atom is 0.317 e. The molecule has 2 aliphatic rings. The minimum absolute atomic E-state index is 0.0291. The first-order valence-electron chi connectivity index (χ1n) is 11.5. The summed E-state index contributed by atoms with van der Waals surface area (Å²) in [7, 11) is 0. The molecule has 1 atom stereocenters. The molecule has 2 N–H and O–H groups in total. The number of piperidine rings is 1. The Labute approximate surface area is 184 Å². The predicted molar refractivity (Wildman–Crippen MR) is 120 cm³/mol. The Morgan fingerprint density at radius 2 is 1.61 bits per heavy atom. The van der Waals surface area contributed by atoms with Crippen molar-refractivity contribution in [1.29, 1.82) is 0 Å². The van der Waals surface area contributed by atoms with E-state index in [4.69, 9.17) is 0 Å². The average molecular weight is 421 g/mol. The van der Waals surface area contributed by atoms with E-state index in [1.54, 1.807) is 6.20 Å². The van der Waals surface area contributed by atoms with Crippen LogP contribution in [-0.4, -0.2) is 41.0 Å². The summed E-state index contributed by atoms with van der Waals surface area (Å²) in [6, 6.07) is 15.8. The van der Waals surface area contributed by atoms with E-state index in [2.05, 4.69) is 15.6 Å². The van der Waals surface area contributed by atoms with Crippen molar-refractivity contribution in [3.63, 3.8) is 0 Å². The molecule has 31 heavy (non-hydrogen) atoms. The number of nitrogens with one attached hydrogen (secondary N) is 2. The number of pyridine rings is 1. The average Bonchev–Trinajstić information content (AvgIpc) is 2.84. The van der Waals surface area contributed by atoms with Crippen LogP contribution in [0.25, 0.3) is 0 Å².